The third kappa shape index (κ3) is 2.17. The van der Waals surface area contributed by atoms with Crippen molar-refractivity contribution in [3.8, 4) is 0 Å². The molecule has 88 valence electrons. The van der Waals surface area contributed by atoms with Gasteiger partial charge in [0.05, 0.1) is 10.5 Å². The van der Waals surface area contributed by atoms with Gasteiger partial charge in [0.1, 0.15) is 0 Å². The highest BCUT2D eigenvalue weighted by molar-refractivity contribution is 7.14. The first-order chi connectivity index (χ1) is 7.49. The fourth-order valence-electron chi connectivity index (χ4n) is 2.06. The lowest BCUT2D eigenvalue weighted by atomic mass is 9.95. The summed E-state index contributed by atoms with van der Waals surface area (Å²) in [7, 11) is 0. The molecule has 0 amide bonds. The van der Waals surface area contributed by atoms with E-state index in [0.29, 0.717) is 11.5 Å². The minimum atomic E-state index is -0.740. The van der Waals surface area contributed by atoms with Crippen molar-refractivity contribution in [3.63, 3.8) is 0 Å². The molecule has 6 heteroatoms. The number of thiophene rings is 1. The standard InChI is InChI=1S/C10H14N2O3S/c1-10(13)4-2-5-11(7-10)9-8(12(14)15)3-6-16-9/h3,6,13H,2,4-5,7H2,1H3. The van der Waals surface area contributed by atoms with Crippen LogP contribution in [0, 0.1) is 10.1 Å². The predicted molar refractivity (Wildman–Crippen MR) is 63.0 cm³/mol. The number of aliphatic hydroxyl groups is 1. The largest absolute Gasteiger partial charge is 0.388 e. The molecule has 1 aromatic heterocycles. The van der Waals surface area contributed by atoms with Crippen LogP contribution in [-0.4, -0.2) is 28.7 Å². The van der Waals surface area contributed by atoms with Crippen LogP contribution >= 0.6 is 11.3 Å². The van der Waals surface area contributed by atoms with Crippen molar-refractivity contribution in [3.05, 3.63) is 21.6 Å². The number of hydrogen-bond acceptors (Lipinski definition) is 5. The summed E-state index contributed by atoms with van der Waals surface area (Å²) in [5.74, 6) is 0. The molecule has 0 saturated carbocycles. The van der Waals surface area contributed by atoms with Crippen molar-refractivity contribution in [2.24, 2.45) is 0 Å². The second-order valence-electron chi connectivity index (χ2n) is 4.39. The van der Waals surface area contributed by atoms with Crippen LogP contribution in [0.2, 0.25) is 0 Å². The zero-order chi connectivity index (χ0) is 11.8. The SMILES string of the molecule is CC1(O)CCCN(c2sccc2[N+](=O)[O-])C1. The summed E-state index contributed by atoms with van der Waals surface area (Å²) in [4.78, 5) is 12.4. The second kappa shape index (κ2) is 4.03. The summed E-state index contributed by atoms with van der Waals surface area (Å²) in [6.07, 6.45) is 1.62. The van der Waals surface area contributed by atoms with E-state index in [4.69, 9.17) is 0 Å². The maximum atomic E-state index is 10.8. The fourth-order valence-corrected chi connectivity index (χ4v) is 2.96. The molecular weight excluding hydrogens is 228 g/mol. The van der Waals surface area contributed by atoms with E-state index >= 15 is 0 Å². The molecule has 1 aliphatic heterocycles. The summed E-state index contributed by atoms with van der Waals surface area (Å²) < 4.78 is 0. The Morgan fingerprint density at radius 1 is 1.69 bits per heavy atom. The lowest BCUT2D eigenvalue weighted by molar-refractivity contribution is -0.383. The summed E-state index contributed by atoms with van der Waals surface area (Å²) in [5, 5.41) is 23.2. The minimum Gasteiger partial charge on any atom is -0.388 e. The molecule has 16 heavy (non-hydrogen) atoms. The van der Waals surface area contributed by atoms with Crippen LogP contribution in [0.5, 0.6) is 0 Å². The minimum absolute atomic E-state index is 0.141. The lowest BCUT2D eigenvalue weighted by Crippen LogP contribution is -2.46. The zero-order valence-corrected chi connectivity index (χ0v) is 9.87. The molecule has 1 aliphatic rings. The van der Waals surface area contributed by atoms with E-state index in [2.05, 4.69) is 0 Å². The van der Waals surface area contributed by atoms with Gasteiger partial charge in [0.15, 0.2) is 5.00 Å². The molecule has 0 bridgehead atoms. The number of hydrogen-bond donors (Lipinski definition) is 1. The Labute approximate surface area is 97.5 Å². The number of β-amino-alcohol motifs (C(OH)–C–C–N with tert-alkyl or cyclic N) is 1. The number of anilines is 1. The van der Waals surface area contributed by atoms with Crippen molar-refractivity contribution >= 4 is 22.0 Å². The normalized spacial score (nSPS) is 25.8. The zero-order valence-electron chi connectivity index (χ0n) is 9.05. The van der Waals surface area contributed by atoms with Gasteiger partial charge >= 0.3 is 5.69 Å². The van der Waals surface area contributed by atoms with Gasteiger partial charge < -0.3 is 10.0 Å². The van der Waals surface area contributed by atoms with E-state index < -0.39 is 5.60 Å². The molecule has 0 spiro atoms. The number of nitro groups is 1. The molecule has 5 nitrogen and oxygen atoms in total. The van der Waals surface area contributed by atoms with Gasteiger partial charge in [-0.05, 0) is 25.1 Å². The Bertz CT molecular complexity index is 403. The van der Waals surface area contributed by atoms with Gasteiger partial charge in [0, 0.05) is 19.2 Å². The topological polar surface area (TPSA) is 66.6 Å². The molecule has 0 radical (unpaired) electrons. The average Bonchev–Trinajstić information content (AvgIpc) is 2.64. The first-order valence-corrected chi connectivity index (χ1v) is 6.07. The highest BCUT2D eigenvalue weighted by Crippen LogP contribution is 2.37. The molecule has 0 aliphatic carbocycles. The Morgan fingerprint density at radius 3 is 3.06 bits per heavy atom. The van der Waals surface area contributed by atoms with Gasteiger partial charge in [-0.3, -0.25) is 10.1 Å². The van der Waals surface area contributed by atoms with Crippen molar-refractivity contribution < 1.29 is 10.0 Å². The van der Waals surface area contributed by atoms with Crippen LogP contribution in [0.4, 0.5) is 10.7 Å². The third-order valence-electron chi connectivity index (χ3n) is 2.78. The second-order valence-corrected chi connectivity index (χ2v) is 5.28. The molecule has 1 saturated heterocycles. The van der Waals surface area contributed by atoms with Crippen LogP contribution in [0.25, 0.3) is 0 Å². The van der Waals surface area contributed by atoms with Gasteiger partial charge in [-0.1, -0.05) is 0 Å². The first kappa shape index (κ1) is 11.3. The van der Waals surface area contributed by atoms with Crippen molar-refractivity contribution in [2.45, 2.75) is 25.4 Å². The van der Waals surface area contributed by atoms with Crippen molar-refractivity contribution in [1.82, 2.24) is 0 Å². The van der Waals surface area contributed by atoms with E-state index in [-0.39, 0.29) is 10.6 Å². The molecule has 1 fully saturated rings. The number of nitrogens with zero attached hydrogens (tertiary/aromatic N) is 2. The van der Waals surface area contributed by atoms with Gasteiger partial charge in [-0.2, -0.15) is 0 Å². The molecule has 1 unspecified atom stereocenters. The van der Waals surface area contributed by atoms with Crippen LogP contribution in [-0.2, 0) is 0 Å². The highest BCUT2D eigenvalue weighted by atomic mass is 32.1. The van der Waals surface area contributed by atoms with E-state index in [1.165, 1.54) is 17.4 Å². The van der Waals surface area contributed by atoms with Crippen molar-refractivity contribution in [2.75, 3.05) is 18.0 Å². The maximum absolute atomic E-state index is 10.8. The maximum Gasteiger partial charge on any atom is 0.303 e. The van der Waals surface area contributed by atoms with Gasteiger partial charge in [-0.25, -0.2) is 0 Å². The first-order valence-electron chi connectivity index (χ1n) is 5.19. The Balaban J connectivity index is 2.23. The molecular formula is C10H14N2O3S. The van der Waals surface area contributed by atoms with Crippen LogP contribution < -0.4 is 4.90 Å². The lowest BCUT2D eigenvalue weighted by Gasteiger charge is -2.36. The number of piperidine rings is 1. The summed E-state index contributed by atoms with van der Waals surface area (Å²) in [6.45, 7) is 3.02. The van der Waals surface area contributed by atoms with Gasteiger partial charge in [0.25, 0.3) is 0 Å². The summed E-state index contributed by atoms with van der Waals surface area (Å²) in [6, 6.07) is 1.52. The summed E-state index contributed by atoms with van der Waals surface area (Å²) >= 11 is 1.36. The van der Waals surface area contributed by atoms with Crippen molar-refractivity contribution in [1.29, 1.82) is 0 Å². The predicted octanol–water partition coefficient (Wildman–Crippen LogP) is 2.01. The average molecular weight is 242 g/mol. The smallest absolute Gasteiger partial charge is 0.303 e. The van der Waals surface area contributed by atoms with E-state index in [0.717, 1.165) is 19.4 Å². The Hall–Kier alpha value is -1.14. The van der Waals surface area contributed by atoms with Crippen LogP contribution in [0.15, 0.2) is 11.4 Å². The Kier molecular flexibility index (Phi) is 2.86. The summed E-state index contributed by atoms with van der Waals surface area (Å²) in [5.41, 5.74) is -0.599. The van der Waals surface area contributed by atoms with Crippen LogP contribution in [0.3, 0.4) is 0 Å². The molecule has 2 heterocycles. The molecule has 1 aromatic rings. The number of rotatable bonds is 2. The molecule has 0 aromatic carbocycles. The van der Waals surface area contributed by atoms with E-state index in [1.54, 1.807) is 12.3 Å². The van der Waals surface area contributed by atoms with Crippen LogP contribution in [0.1, 0.15) is 19.8 Å². The quantitative estimate of drug-likeness (QED) is 0.636. The molecule has 1 atom stereocenters. The van der Waals surface area contributed by atoms with E-state index in [1.807, 2.05) is 4.90 Å². The van der Waals surface area contributed by atoms with Gasteiger partial charge in [-0.15, -0.1) is 11.3 Å². The highest BCUT2D eigenvalue weighted by Gasteiger charge is 2.32. The fraction of sp³-hybridized carbons (Fsp3) is 0.600. The third-order valence-corrected chi connectivity index (χ3v) is 3.75. The Morgan fingerprint density at radius 2 is 2.44 bits per heavy atom. The monoisotopic (exact) mass is 242 g/mol. The van der Waals surface area contributed by atoms with Gasteiger partial charge in [0.2, 0.25) is 0 Å². The molecule has 1 N–H and O–H groups in total. The van der Waals surface area contributed by atoms with E-state index in [9.17, 15) is 15.2 Å². The molecule has 2 rings (SSSR count).